The van der Waals surface area contributed by atoms with E-state index in [0.29, 0.717) is 11.3 Å². The third-order valence-corrected chi connectivity index (χ3v) is 4.85. The summed E-state index contributed by atoms with van der Waals surface area (Å²) in [6, 6.07) is 5.37. The molecule has 0 bridgehead atoms. The number of methoxy groups -OCH3 is 1. The zero-order chi connectivity index (χ0) is 19.7. The number of alkyl halides is 3. The molecule has 2 aromatic rings. The predicted molar refractivity (Wildman–Crippen MR) is 97.1 cm³/mol. The number of rotatable bonds is 6. The normalized spacial score (nSPS) is 12.5. The van der Waals surface area contributed by atoms with E-state index in [4.69, 9.17) is 4.74 Å². The van der Waals surface area contributed by atoms with Crippen LogP contribution in [-0.2, 0) is 19.3 Å². The van der Waals surface area contributed by atoms with Gasteiger partial charge in [0.15, 0.2) is 0 Å². The van der Waals surface area contributed by atoms with Gasteiger partial charge in [0, 0.05) is 18.2 Å². The number of halogens is 3. The number of nitrogens with zero attached hydrogens (tertiary/aromatic N) is 2. The highest BCUT2D eigenvalue weighted by Crippen LogP contribution is 2.42. The molecule has 0 spiro atoms. The fourth-order valence-electron chi connectivity index (χ4n) is 3.12. The summed E-state index contributed by atoms with van der Waals surface area (Å²) < 4.78 is 47.2. The Balaban J connectivity index is 2.49. The summed E-state index contributed by atoms with van der Waals surface area (Å²) >= 11 is 0. The molecule has 0 unspecified atom stereocenters. The van der Waals surface area contributed by atoms with Gasteiger partial charge in [-0.05, 0) is 31.4 Å². The lowest BCUT2D eigenvalue weighted by Gasteiger charge is -2.28. The smallest absolute Gasteiger partial charge is 0.394 e. The first-order valence-electron chi connectivity index (χ1n) is 8.86. The summed E-state index contributed by atoms with van der Waals surface area (Å²) in [5, 5.41) is 0. The van der Waals surface area contributed by atoms with Gasteiger partial charge in [0.25, 0.3) is 0 Å². The monoisotopic (exact) mass is 368 g/mol. The zero-order valence-corrected chi connectivity index (χ0v) is 16.3. The molecular weight excluding hydrogens is 341 g/mol. The Morgan fingerprint density at radius 1 is 1.12 bits per heavy atom. The fraction of sp³-hybridized carbons (Fsp3) is 0.550. The number of aryl methyl sites for hydroxylation is 2. The van der Waals surface area contributed by atoms with Gasteiger partial charge in [0.05, 0.1) is 23.9 Å². The van der Waals surface area contributed by atoms with Crippen LogP contribution in [0.15, 0.2) is 18.2 Å². The van der Waals surface area contributed by atoms with Gasteiger partial charge in [0.1, 0.15) is 11.6 Å². The predicted octanol–water partition coefficient (Wildman–Crippen LogP) is 5.45. The molecule has 0 atom stereocenters. The third kappa shape index (κ3) is 3.74. The number of imidazole rings is 1. The molecule has 0 aliphatic carbocycles. The molecule has 1 aromatic carbocycles. The summed E-state index contributed by atoms with van der Waals surface area (Å²) in [5.74, 6) is 1.40. The van der Waals surface area contributed by atoms with Crippen molar-refractivity contribution in [3.63, 3.8) is 0 Å². The molecule has 0 saturated carbocycles. The van der Waals surface area contributed by atoms with E-state index < -0.39 is 11.6 Å². The van der Waals surface area contributed by atoms with Crippen LogP contribution in [0.1, 0.15) is 50.5 Å². The Hall–Kier alpha value is -1.98. The second kappa shape index (κ2) is 7.33. The lowest BCUT2D eigenvalue weighted by molar-refractivity contribution is -0.211. The van der Waals surface area contributed by atoms with Gasteiger partial charge in [-0.1, -0.05) is 33.8 Å². The second-order valence-corrected chi connectivity index (χ2v) is 7.16. The van der Waals surface area contributed by atoms with Gasteiger partial charge < -0.3 is 9.30 Å². The van der Waals surface area contributed by atoms with E-state index in [2.05, 4.69) is 16.5 Å². The number of benzene rings is 1. The average molecular weight is 368 g/mol. The lowest BCUT2D eigenvalue weighted by Crippen LogP contribution is -2.34. The molecule has 0 aliphatic rings. The van der Waals surface area contributed by atoms with Crippen molar-refractivity contribution < 1.29 is 17.9 Å². The molecule has 1 aromatic heterocycles. The Morgan fingerprint density at radius 3 is 2.27 bits per heavy atom. The van der Waals surface area contributed by atoms with E-state index in [-0.39, 0.29) is 6.42 Å². The zero-order valence-electron chi connectivity index (χ0n) is 16.3. The quantitative estimate of drug-likeness (QED) is 0.678. The number of hydrogen-bond donors (Lipinski definition) is 0. The Bertz CT molecular complexity index is 776. The molecule has 1 heterocycles. The van der Waals surface area contributed by atoms with Crippen LogP contribution < -0.4 is 4.74 Å². The van der Waals surface area contributed by atoms with E-state index in [9.17, 15) is 13.2 Å². The highest BCUT2D eigenvalue weighted by atomic mass is 19.4. The molecule has 0 saturated heterocycles. The fourth-order valence-corrected chi connectivity index (χ4v) is 3.12. The average Bonchev–Trinajstić information content (AvgIpc) is 2.89. The topological polar surface area (TPSA) is 27.1 Å². The van der Waals surface area contributed by atoms with Crippen LogP contribution in [0.25, 0.3) is 5.69 Å². The van der Waals surface area contributed by atoms with Gasteiger partial charge in [-0.25, -0.2) is 4.98 Å². The van der Waals surface area contributed by atoms with Crippen LogP contribution in [0.3, 0.4) is 0 Å². The van der Waals surface area contributed by atoms with Crippen molar-refractivity contribution in [3.8, 4) is 11.4 Å². The van der Waals surface area contributed by atoms with Crippen molar-refractivity contribution in [2.75, 3.05) is 7.11 Å². The van der Waals surface area contributed by atoms with Crippen molar-refractivity contribution in [2.45, 2.75) is 60.1 Å². The molecule has 2 rings (SSSR count). The first-order chi connectivity index (χ1) is 12.1. The third-order valence-electron chi connectivity index (χ3n) is 4.85. The highest BCUT2D eigenvalue weighted by molar-refractivity contribution is 5.47. The minimum atomic E-state index is -4.27. The van der Waals surface area contributed by atoms with Gasteiger partial charge in [0.2, 0.25) is 0 Å². The van der Waals surface area contributed by atoms with Crippen LogP contribution in [0.2, 0.25) is 0 Å². The summed E-state index contributed by atoms with van der Waals surface area (Å²) in [6.45, 7) is 8.53. The van der Waals surface area contributed by atoms with Gasteiger partial charge in [-0.15, -0.1) is 0 Å². The SMILES string of the molecule is CCc1nc(CC)n(-c2ccc(CC(C)(C)C(F)(F)F)c(OC)c2)c1C. The second-order valence-electron chi connectivity index (χ2n) is 7.16. The first kappa shape index (κ1) is 20.3. The molecule has 0 amide bonds. The molecule has 144 valence electrons. The van der Waals surface area contributed by atoms with Gasteiger partial charge in [-0.3, -0.25) is 0 Å². The maximum absolute atomic E-state index is 13.2. The van der Waals surface area contributed by atoms with E-state index in [1.54, 1.807) is 12.1 Å². The highest BCUT2D eigenvalue weighted by Gasteiger charge is 2.47. The molecule has 6 heteroatoms. The van der Waals surface area contributed by atoms with Crippen molar-refractivity contribution in [3.05, 3.63) is 41.0 Å². The Kier molecular flexibility index (Phi) is 5.73. The standard InChI is InChI=1S/C20H27F3N2O/c1-7-16-13(3)25(18(8-2)24-16)15-10-9-14(17(11-15)26-6)12-19(4,5)20(21,22)23/h9-11H,7-8,12H2,1-6H3. The van der Waals surface area contributed by atoms with Crippen LogP contribution in [0.4, 0.5) is 13.2 Å². The van der Waals surface area contributed by atoms with E-state index in [0.717, 1.165) is 35.7 Å². The minimum absolute atomic E-state index is 0.135. The molecule has 0 N–H and O–H groups in total. The largest absolute Gasteiger partial charge is 0.496 e. The number of aromatic nitrogens is 2. The van der Waals surface area contributed by atoms with Gasteiger partial charge >= 0.3 is 6.18 Å². The van der Waals surface area contributed by atoms with Crippen LogP contribution in [0, 0.1) is 12.3 Å². The summed E-state index contributed by atoms with van der Waals surface area (Å²) in [7, 11) is 1.49. The maximum atomic E-state index is 13.2. The van der Waals surface area contributed by atoms with Crippen LogP contribution in [-0.4, -0.2) is 22.8 Å². The summed E-state index contributed by atoms with van der Waals surface area (Å²) in [6.07, 6.45) is -2.81. The van der Waals surface area contributed by atoms with E-state index in [1.807, 2.05) is 19.9 Å². The van der Waals surface area contributed by atoms with Crippen molar-refractivity contribution >= 4 is 0 Å². The maximum Gasteiger partial charge on any atom is 0.394 e. The molecular formula is C20H27F3N2O. The van der Waals surface area contributed by atoms with Crippen LogP contribution in [0.5, 0.6) is 5.75 Å². The van der Waals surface area contributed by atoms with Crippen molar-refractivity contribution in [1.29, 1.82) is 0 Å². The minimum Gasteiger partial charge on any atom is -0.496 e. The molecule has 26 heavy (non-hydrogen) atoms. The summed E-state index contributed by atoms with van der Waals surface area (Å²) in [4.78, 5) is 4.67. The Labute approximate surface area is 153 Å². The molecule has 0 fully saturated rings. The van der Waals surface area contributed by atoms with Crippen molar-refractivity contribution in [1.82, 2.24) is 9.55 Å². The lowest BCUT2D eigenvalue weighted by atomic mass is 9.84. The van der Waals surface area contributed by atoms with Crippen molar-refractivity contribution in [2.24, 2.45) is 5.41 Å². The molecule has 0 radical (unpaired) electrons. The Morgan fingerprint density at radius 2 is 1.77 bits per heavy atom. The first-order valence-corrected chi connectivity index (χ1v) is 8.86. The molecule has 3 nitrogen and oxygen atoms in total. The van der Waals surface area contributed by atoms with E-state index in [1.165, 1.54) is 21.0 Å². The van der Waals surface area contributed by atoms with E-state index >= 15 is 0 Å². The molecule has 0 aliphatic heterocycles. The van der Waals surface area contributed by atoms with Gasteiger partial charge in [-0.2, -0.15) is 13.2 Å². The number of hydrogen-bond acceptors (Lipinski definition) is 2. The van der Waals surface area contributed by atoms with Crippen LogP contribution >= 0.6 is 0 Å². The number of ether oxygens (including phenoxy) is 1. The summed E-state index contributed by atoms with van der Waals surface area (Å²) in [5.41, 5.74) is 1.66.